The number of carbonyl (C=O) groups excluding carboxylic acids is 1. The highest BCUT2D eigenvalue weighted by molar-refractivity contribution is 6.31. The molecule has 2 aromatic carbocycles. The number of para-hydroxylation sites is 1. The lowest BCUT2D eigenvalue weighted by atomic mass is 9.90. The zero-order valence-corrected chi connectivity index (χ0v) is 18.0. The third-order valence-electron chi connectivity index (χ3n) is 5.38. The molecule has 6 heteroatoms. The molecule has 2 N–H and O–H groups in total. The Hall–Kier alpha value is -3.05. The minimum atomic E-state index is -0.186. The number of halogens is 1. The Kier molecular flexibility index (Phi) is 5.64. The minimum Gasteiger partial charge on any atom is -0.361 e. The molecule has 0 bridgehead atoms. The maximum absolute atomic E-state index is 13.1. The number of hydrogen-bond acceptors (Lipinski definition) is 3. The van der Waals surface area contributed by atoms with Crippen molar-refractivity contribution < 1.29 is 9.32 Å². The van der Waals surface area contributed by atoms with Crippen molar-refractivity contribution >= 4 is 28.4 Å². The summed E-state index contributed by atoms with van der Waals surface area (Å²) in [5.41, 5.74) is 4.22. The van der Waals surface area contributed by atoms with Gasteiger partial charge in [0.1, 0.15) is 5.56 Å². The first-order valence-corrected chi connectivity index (χ1v) is 10.4. The molecule has 4 aromatic rings. The highest BCUT2D eigenvalue weighted by Gasteiger charge is 2.25. The van der Waals surface area contributed by atoms with E-state index in [1.54, 1.807) is 6.92 Å². The van der Waals surface area contributed by atoms with E-state index in [2.05, 4.69) is 21.5 Å². The number of benzene rings is 2. The number of aryl methyl sites for hydroxylation is 1. The van der Waals surface area contributed by atoms with Crippen LogP contribution < -0.4 is 5.32 Å². The number of hydrogen-bond donors (Lipinski definition) is 2. The zero-order valence-electron chi connectivity index (χ0n) is 17.2. The molecule has 0 aliphatic heterocycles. The van der Waals surface area contributed by atoms with Crippen LogP contribution >= 0.6 is 11.6 Å². The number of H-pyrrole nitrogens is 1. The van der Waals surface area contributed by atoms with E-state index in [4.69, 9.17) is 16.1 Å². The second-order valence-corrected chi connectivity index (χ2v) is 8.14. The summed E-state index contributed by atoms with van der Waals surface area (Å²) in [6.07, 6.45) is 2.00. The summed E-state index contributed by atoms with van der Waals surface area (Å²) >= 11 is 6.55. The number of amides is 1. The lowest BCUT2D eigenvalue weighted by Gasteiger charge is -2.19. The van der Waals surface area contributed by atoms with Crippen LogP contribution in [-0.4, -0.2) is 22.6 Å². The van der Waals surface area contributed by atoms with Gasteiger partial charge in [-0.05, 0) is 30.2 Å². The average molecular weight is 422 g/mol. The molecular formula is C24H24ClN3O2. The van der Waals surface area contributed by atoms with Gasteiger partial charge in [0, 0.05) is 40.5 Å². The van der Waals surface area contributed by atoms with Crippen molar-refractivity contribution in [1.82, 2.24) is 15.5 Å². The van der Waals surface area contributed by atoms with Crippen LogP contribution in [0.4, 0.5) is 0 Å². The first-order valence-electron chi connectivity index (χ1n) is 10.0. The quantitative estimate of drug-likeness (QED) is 0.413. The standard InChI is InChI=1S/C24H24ClN3O2/c1-14(2)23-22(15(3)28-30-23)24(29)27-13-18(16-8-4-6-10-20(16)25)19-12-26-21-11-7-5-9-17(19)21/h4-12,14,18,26H,13H2,1-3H3,(H,27,29)/t18-/m0/s1. The van der Waals surface area contributed by atoms with Gasteiger partial charge in [0.15, 0.2) is 5.76 Å². The van der Waals surface area contributed by atoms with Crippen LogP contribution in [0.25, 0.3) is 10.9 Å². The molecule has 1 amide bonds. The normalized spacial score (nSPS) is 12.4. The van der Waals surface area contributed by atoms with E-state index in [9.17, 15) is 4.79 Å². The van der Waals surface area contributed by atoms with Gasteiger partial charge in [-0.3, -0.25) is 4.79 Å². The lowest BCUT2D eigenvalue weighted by molar-refractivity contribution is 0.0949. The number of nitrogens with zero attached hydrogens (tertiary/aromatic N) is 1. The molecule has 0 unspecified atom stereocenters. The molecule has 0 fully saturated rings. The van der Waals surface area contributed by atoms with Crippen LogP contribution in [0.15, 0.2) is 59.3 Å². The molecule has 154 valence electrons. The lowest BCUT2D eigenvalue weighted by Crippen LogP contribution is -2.30. The Bertz CT molecular complexity index is 1190. The molecule has 5 nitrogen and oxygen atoms in total. The first-order chi connectivity index (χ1) is 14.5. The molecule has 0 spiro atoms. The molecule has 0 aliphatic carbocycles. The summed E-state index contributed by atoms with van der Waals surface area (Å²) in [5, 5.41) is 8.86. The fourth-order valence-electron chi connectivity index (χ4n) is 3.87. The Morgan fingerprint density at radius 2 is 1.87 bits per heavy atom. The Labute approximate surface area is 180 Å². The molecule has 4 rings (SSSR count). The van der Waals surface area contributed by atoms with Crippen molar-refractivity contribution in [2.75, 3.05) is 6.54 Å². The smallest absolute Gasteiger partial charge is 0.256 e. The molecule has 30 heavy (non-hydrogen) atoms. The summed E-state index contributed by atoms with van der Waals surface area (Å²) in [6.45, 7) is 6.15. The van der Waals surface area contributed by atoms with E-state index in [0.717, 1.165) is 22.0 Å². The van der Waals surface area contributed by atoms with Crippen molar-refractivity contribution in [3.8, 4) is 0 Å². The number of aromatic amines is 1. The maximum Gasteiger partial charge on any atom is 0.256 e. The summed E-state index contributed by atoms with van der Waals surface area (Å²) in [7, 11) is 0. The second-order valence-electron chi connectivity index (χ2n) is 7.74. The van der Waals surface area contributed by atoms with Gasteiger partial charge in [-0.2, -0.15) is 0 Å². The van der Waals surface area contributed by atoms with Gasteiger partial charge in [0.25, 0.3) is 5.91 Å². The van der Waals surface area contributed by atoms with Crippen LogP contribution in [0.2, 0.25) is 5.02 Å². The Morgan fingerprint density at radius 1 is 1.13 bits per heavy atom. The van der Waals surface area contributed by atoms with Gasteiger partial charge in [-0.15, -0.1) is 0 Å². The number of nitrogens with one attached hydrogen (secondary N) is 2. The molecular weight excluding hydrogens is 398 g/mol. The van der Waals surface area contributed by atoms with Gasteiger partial charge in [0.05, 0.1) is 5.69 Å². The predicted octanol–water partition coefficient (Wildman–Crippen LogP) is 5.80. The fraction of sp³-hybridized carbons (Fsp3) is 0.250. The van der Waals surface area contributed by atoms with Gasteiger partial charge in [-0.1, -0.05) is 67.0 Å². The monoisotopic (exact) mass is 421 g/mol. The summed E-state index contributed by atoms with van der Waals surface area (Å²) in [4.78, 5) is 16.4. The van der Waals surface area contributed by atoms with Gasteiger partial charge < -0.3 is 14.8 Å². The summed E-state index contributed by atoms with van der Waals surface area (Å²) in [5.74, 6) is 0.377. The third kappa shape index (κ3) is 3.73. The molecule has 0 saturated carbocycles. The van der Waals surface area contributed by atoms with Crippen LogP contribution in [0.3, 0.4) is 0 Å². The molecule has 0 radical (unpaired) electrons. The van der Waals surface area contributed by atoms with Gasteiger partial charge >= 0.3 is 0 Å². The van der Waals surface area contributed by atoms with E-state index in [1.807, 2.05) is 62.5 Å². The van der Waals surface area contributed by atoms with Crippen molar-refractivity contribution in [3.05, 3.63) is 87.9 Å². The Balaban J connectivity index is 1.69. The average Bonchev–Trinajstić information content (AvgIpc) is 3.33. The number of fused-ring (bicyclic) bond motifs is 1. The number of aromatic nitrogens is 2. The van der Waals surface area contributed by atoms with Crippen LogP contribution in [0.5, 0.6) is 0 Å². The van der Waals surface area contributed by atoms with Crippen LogP contribution in [0, 0.1) is 6.92 Å². The summed E-state index contributed by atoms with van der Waals surface area (Å²) < 4.78 is 5.38. The first kappa shape index (κ1) is 20.2. The van der Waals surface area contributed by atoms with Crippen LogP contribution in [-0.2, 0) is 0 Å². The summed E-state index contributed by atoms with van der Waals surface area (Å²) in [6, 6.07) is 15.9. The Morgan fingerprint density at radius 3 is 2.63 bits per heavy atom. The van der Waals surface area contributed by atoms with E-state index in [1.165, 1.54) is 0 Å². The number of rotatable bonds is 6. The highest BCUT2D eigenvalue weighted by atomic mass is 35.5. The zero-order chi connectivity index (χ0) is 21.3. The third-order valence-corrected chi connectivity index (χ3v) is 5.73. The van der Waals surface area contributed by atoms with Crippen molar-refractivity contribution in [1.29, 1.82) is 0 Å². The van der Waals surface area contributed by atoms with Gasteiger partial charge in [-0.25, -0.2) is 0 Å². The molecule has 0 aliphatic rings. The molecule has 1 atom stereocenters. The number of carbonyl (C=O) groups is 1. The second kappa shape index (κ2) is 8.36. The molecule has 2 aromatic heterocycles. The highest BCUT2D eigenvalue weighted by Crippen LogP contribution is 2.34. The van der Waals surface area contributed by atoms with Gasteiger partial charge in [0.2, 0.25) is 0 Å². The largest absolute Gasteiger partial charge is 0.361 e. The SMILES string of the molecule is Cc1noc(C(C)C)c1C(=O)NC[C@@H](c1ccccc1Cl)c1c[nH]c2ccccc12. The van der Waals surface area contributed by atoms with Crippen LogP contribution in [0.1, 0.15) is 58.6 Å². The van der Waals surface area contributed by atoms with E-state index >= 15 is 0 Å². The maximum atomic E-state index is 13.1. The fourth-order valence-corrected chi connectivity index (χ4v) is 4.14. The van der Waals surface area contributed by atoms with Crippen molar-refractivity contribution in [3.63, 3.8) is 0 Å². The van der Waals surface area contributed by atoms with Crippen molar-refractivity contribution in [2.45, 2.75) is 32.6 Å². The van der Waals surface area contributed by atoms with E-state index < -0.39 is 0 Å². The van der Waals surface area contributed by atoms with Crippen molar-refractivity contribution in [2.24, 2.45) is 0 Å². The van der Waals surface area contributed by atoms with E-state index in [0.29, 0.717) is 28.6 Å². The topological polar surface area (TPSA) is 70.9 Å². The predicted molar refractivity (Wildman–Crippen MR) is 119 cm³/mol. The molecule has 0 saturated heterocycles. The molecule has 2 heterocycles. The van der Waals surface area contributed by atoms with E-state index in [-0.39, 0.29) is 17.7 Å². The minimum absolute atomic E-state index is 0.0694.